The smallest absolute Gasteiger partial charge is 0.0194 e. The molecule has 0 heterocycles. The molecular formula is C37H52. The number of hydrogen-bond donors (Lipinski definition) is 0. The van der Waals surface area contributed by atoms with Gasteiger partial charge in [0.2, 0.25) is 0 Å². The van der Waals surface area contributed by atoms with E-state index in [1.807, 2.05) is 0 Å². The lowest BCUT2D eigenvalue weighted by atomic mass is 9.41. The molecule has 0 radical (unpaired) electrons. The molecule has 37 heavy (non-hydrogen) atoms. The van der Waals surface area contributed by atoms with Gasteiger partial charge >= 0.3 is 0 Å². The molecule has 0 saturated heterocycles. The molecule has 4 rings (SSSR count). The van der Waals surface area contributed by atoms with E-state index in [2.05, 4.69) is 75.0 Å². The average molecular weight is 497 g/mol. The second kappa shape index (κ2) is 9.59. The van der Waals surface area contributed by atoms with Crippen molar-refractivity contribution in [2.24, 2.45) is 16.2 Å². The molecule has 1 aromatic rings. The maximum absolute atomic E-state index is 4.89. The lowest BCUT2D eigenvalue weighted by Gasteiger charge is -2.62. The van der Waals surface area contributed by atoms with Crippen molar-refractivity contribution in [2.45, 2.75) is 120 Å². The lowest BCUT2D eigenvalue weighted by Crippen LogP contribution is -2.52. The first-order chi connectivity index (χ1) is 17.3. The van der Waals surface area contributed by atoms with Crippen LogP contribution in [0.15, 0.2) is 59.2 Å². The summed E-state index contributed by atoms with van der Waals surface area (Å²) in [6.45, 7) is 35.4. The standard InChI is InChI=1S/C37H52/c1-13-15-16-17-18-30-19-29(14-2)25(6)33-26(7)34-28(9)37(12)27(8)32(23(3)4)24(5)20-36(37,11)22-35(34,10)21-31(30)33/h19H,3,7-8,13-18,20-22H2,1-2,4-6,9-12H3/t35-,36+,37-/m1/s1. The molecule has 3 aliphatic carbocycles. The quantitative estimate of drug-likeness (QED) is 0.329. The monoisotopic (exact) mass is 496 g/mol. The van der Waals surface area contributed by atoms with Crippen molar-refractivity contribution in [3.8, 4) is 0 Å². The molecule has 3 aliphatic rings. The predicted molar refractivity (Wildman–Crippen MR) is 164 cm³/mol. The minimum absolute atomic E-state index is 0.0880. The first kappa shape index (κ1) is 27.9. The predicted octanol–water partition coefficient (Wildman–Crippen LogP) is 10.8. The van der Waals surface area contributed by atoms with Crippen molar-refractivity contribution in [3.05, 3.63) is 87.1 Å². The van der Waals surface area contributed by atoms with Crippen molar-refractivity contribution >= 4 is 5.57 Å². The summed E-state index contributed by atoms with van der Waals surface area (Å²) in [6, 6.07) is 2.56. The van der Waals surface area contributed by atoms with Gasteiger partial charge in [-0.3, -0.25) is 0 Å². The second-order valence-corrected chi connectivity index (χ2v) is 13.5. The zero-order valence-corrected chi connectivity index (χ0v) is 25.6. The average Bonchev–Trinajstić information content (AvgIpc) is 2.79. The lowest BCUT2D eigenvalue weighted by molar-refractivity contribution is 0.0543. The van der Waals surface area contributed by atoms with Crippen LogP contribution in [0.3, 0.4) is 0 Å². The van der Waals surface area contributed by atoms with E-state index in [1.54, 1.807) is 11.1 Å². The van der Waals surface area contributed by atoms with Crippen molar-refractivity contribution in [2.75, 3.05) is 0 Å². The third-order valence-corrected chi connectivity index (χ3v) is 10.9. The van der Waals surface area contributed by atoms with Crippen molar-refractivity contribution < 1.29 is 0 Å². The number of fused-ring (bicyclic) bond motifs is 3. The Morgan fingerprint density at radius 3 is 2.22 bits per heavy atom. The van der Waals surface area contributed by atoms with E-state index < -0.39 is 0 Å². The van der Waals surface area contributed by atoms with Crippen LogP contribution in [0.25, 0.3) is 5.57 Å². The second-order valence-electron chi connectivity index (χ2n) is 13.5. The Kier molecular flexibility index (Phi) is 7.24. The molecule has 0 saturated carbocycles. The van der Waals surface area contributed by atoms with Gasteiger partial charge in [0.25, 0.3) is 0 Å². The third kappa shape index (κ3) is 4.00. The minimum atomic E-state index is -0.0880. The fraction of sp³-hybridized carbons (Fsp3) is 0.568. The zero-order valence-electron chi connectivity index (χ0n) is 25.6. The number of rotatable bonds is 7. The third-order valence-electron chi connectivity index (χ3n) is 10.9. The minimum Gasteiger partial charge on any atom is -0.0955 e. The van der Waals surface area contributed by atoms with E-state index >= 15 is 0 Å². The molecule has 0 fully saturated rings. The van der Waals surface area contributed by atoms with Crippen LogP contribution in [0.1, 0.15) is 122 Å². The Morgan fingerprint density at radius 2 is 1.62 bits per heavy atom. The van der Waals surface area contributed by atoms with E-state index in [9.17, 15) is 0 Å². The van der Waals surface area contributed by atoms with Crippen LogP contribution in [0, 0.1) is 23.2 Å². The first-order valence-electron chi connectivity index (χ1n) is 14.9. The van der Waals surface area contributed by atoms with Crippen LogP contribution >= 0.6 is 0 Å². The van der Waals surface area contributed by atoms with Gasteiger partial charge in [-0.15, -0.1) is 0 Å². The number of aryl methyl sites for hydroxylation is 2. The Balaban J connectivity index is 1.93. The van der Waals surface area contributed by atoms with Gasteiger partial charge in [0.1, 0.15) is 0 Å². The van der Waals surface area contributed by atoms with E-state index in [0.717, 1.165) is 24.8 Å². The van der Waals surface area contributed by atoms with Crippen LogP contribution in [0.4, 0.5) is 0 Å². The molecule has 3 atom stereocenters. The summed E-state index contributed by atoms with van der Waals surface area (Å²) >= 11 is 0. The molecule has 0 amide bonds. The molecule has 0 heteroatoms. The molecule has 0 spiro atoms. The highest BCUT2D eigenvalue weighted by molar-refractivity contribution is 5.87. The number of allylic oxidation sites excluding steroid dienone is 7. The largest absolute Gasteiger partial charge is 0.0955 e. The van der Waals surface area contributed by atoms with E-state index in [4.69, 9.17) is 13.2 Å². The van der Waals surface area contributed by atoms with Crippen molar-refractivity contribution in [1.82, 2.24) is 0 Å². The molecule has 0 bridgehead atoms. The van der Waals surface area contributed by atoms with Gasteiger partial charge in [-0.25, -0.2) is 0 Å². The molecule has 0 nitrogen and oxygen atoms in total. The molecule has 200 valence electrons. The van der Waals surface area contributed by atoms with Gasteiger partial charge in [-0.2, -0.15) is 0 Å². The van der Waals surface area contributed by atoms with Crippen LogP contribution < -0.4 is 0 Å². The summed E-state index contributed by atoms with van der Waals surface area (Å²) in [5, 5.41) is 0. The fourth-order valence-electron chi connectivity index (χ4n) is 9.07. The normalized spacial score (nSPS) is 29.3. The van der Waals surface area contributed by atoms with Crippen LogP contribution in [-0.4, -0.2) is 0 Å². The van der Waals surface area contributed by atoms with Gasteiger partial charge in [0.15, 0.2) is 0 Å². The number of benzene rings is 1. The fourth-order valence-corrected chi connectivity index (χ4v) is 9.07. The van der Waals surface area contributed by atoms with Crippen molar-refractivity contribution in [1.29, 1.82) is 0 Å². The number of hydrogen-bond acceptors (Lipinski definition) is 0. The Bertz CT molecular complexity index is 1240. The maximum Gasteiger partial charge on any atom is 0.0194 e. The van der Waals surface area contributed by atoms with E-state index in [0.29, 0.717) is 0 Å². The Morgan fingerprint density at radius 1 is 0.946 bits per heavy atom. The van der Waals surface area contributed by atoms with Gasteiger partial charge in [-0.05, 0) is 127 Å². The van der Waals surface area contributed by atoms with Crippen LogP contribution in [-0.2, 0) is 19.3 Å². The highest BCUT2D eigenvalue weighted by Crippen LogP contribution is 2.70. The zero-order chi connectivity index (χ0) is 27.5. The maximum atomic E-state index is 4.89. The van der Waals surface area contributed by atoms with Crippen molar-refractivity contribution in [3.63, 3.8) is 0 Å². The molecule has 0 unspecified atom stereocenters. The summed E-state index contributed by atoms with van der Waals surface area (Å²) in [5.74, 6) is 0. The summed E-state index contributed by atoms with van der Waals surface area (Å²) in [5.41, 5.74) is 17.3. The Hall–Kier alpha value is -2.08. The molecule has 1 aromatic carbocycles. The van der Waals surface area contributed by atoms with Gasteiger partial charge in [-0.1, -0.05) is 96.4 Å². The van der Waals surface area contributed by atoms with E-state index in [-0.39, 0.29) is 16.2 Å². The summed E-state index contributed by atoms with van der Waals surface area (Å²) in [6.07, 6.45) is 11.0. The molecule has 0 aliphatic heterocycles. The van der Waals surface area contributed by atoms with Gasteiger partial charge < -0.3 is 0 Å². The summed E-state index contributed by atoms with van der Waals surface area (Å²) in [7, 11) is 0. The number of unbranched alkanes of at least 4 members (excludes halogenated alkanes) is 3. The molecule has 0 aromatic heterocycles. The van der Waals surface area contributed by atoms with Gasteiger partial charge in [0.05, 0.1) is 0 Å². The topological polar surface area (TPSA) is 0 Å². The SMILES string of the molecule is C=C(C)C1=C(C)C[C@@]2(C)C[C@@]3(C)Cc4c(CCCCCC)cc(CC)c(C)c4C(=C)C3=C(C)[C@@]2(C)C1=C. The first-order valence-corrected chi connectivity index (χ1v) is 14.9. The molecule has 0 N–H and O–H groups in total. The van der Waals surface area contributed by atoms with Crippen LogP contribution in [0.5, 0.6) is 0 Å². The van der Waals surface area contributed by atoms with Crippen LogP contribution in [0.2, 0.25) is 0 Å². The summed E-state index contributed by atoms with van der Waals surface area (Å²) in [4.78, 5) is 0. The highest BCUT2D eigenvalue weighted by Gasteiger charge is 2.59. The van der Waals surface area contributed by atoms with Gasteiger partial charge in [0, 0.05) is 5.41 Å². The summed E-state index contributed by atoms with van der Waals surface area (Å²) < 4.78 is 0. The highest BCUT2D eigenvalue weighted by atomic mass is 14.6. The molecular weight excluding hydrogens is 444 g/mol. The Labute approximate surface area is 228 Å². The van der Waals surface area contributed by atoms with E-state index in [1.165, 1.54) is 88.7 Å².